The minimum absolute atomic E-state index is 0.0570. The lowest BCUT2D eigenvalue weighted by Crippen LogP contribution is -2.16. The zero-order valence-corrected chi connectivity index (χ0v) is 18.7. The number of rotatable bonds is 9. The molecule has 0 N–H and O–H groups in total. The van der Waals surface area contributed by atoms with Crippen molar-refractivity contribution in [3.05, 3.63) is 60.6 Å². The second-order valence-corrected chi connectivity index (χ2v) is 9.29. The Hall–Kier alpha value is -3.60. The number of furan rings is 1. The molecule has 3 aromatic heterocycles. The average molecular weight is 458 g/mol. The van der Waals surface area contributed by atoms with E-state index >= 15 is 0 Å². The van der Waals surface area contributed by atoms with Gasteiger partial charge in [0.25, 0.3) is 0 Å². The Morgan fingerprint density at radius 2 is 1.81 bits per heavy atom. The van der Waals surface area contributed by atoms with Gasteiger partial charge < -0.3 is 18.5 Å². The molecule has 168 valence electrons. The molecule has 0 saturated heterocycles. The van der Waals surface area contributed by atoms with E-state index < -0.39 is 9.84 Å². The summed E-state index contributed by atoms with van der Waals surface area (Å²) in [7, 11) is 1.35. The maximum atomic E-state index is 13.0. The van der Waals surface area contributed by atoms with E-state index in [1.165, 1.54) is 20.5 Å². The molecule has 11 heteroatoms. The summed E-state index contributed by atoms with van der Waals surface area (Å²) in [6.45, 7) is 0. The second-order valence-electron chi connectivity index (χ2n) is 7.10. The van der Waals surface area contributed by atoms with Gasteiger partial charge in [0, 0.05) is 25.4 Å². The summed E-state index contributed by atoms with van der Waals surface area (Å²) in [4.78, 5) is 4.03. The molecule has 0 aliphatic rings. The molecule has 0 aliphatic heterocycles. The zero-order valence-electron chi connectivity index (χ0n) is 17.9. The normalized spacial score (nSPS) is 11.6. The molecule has 10 nitrogen and oxygen atoms in total. The predicted octanol–water partition coefficient (Wildman–Crippen LogP) is 2.44. The van der Waals surface area contributed by atoms with Gasteiger partial charge in [-0.1, -0.05) is 6.07 Å². The number of benzene rings is 1. The van der Waals surface area contributed by atoms with Crippen molar-refractivity contribution in [3.63, 3.8) is 0 Å². The van der Waals surface area contributed by atoms with Crippen LogP contribution in [0, 0.1) is 0 Å². The van der Waals surface area contributed by atoms with Gasteiger partial charge in [-0.3, -0.25) is 4.57 Å². The van der Waals surface area contributed by atoms with Crippen LogP contribution in [0.5, 0.6) is 11.5 Å². The van der Waals surface area contributed by atoms with Gasteiger partial charge in [-0.2, -0.15) is 0 Å². The molecule has 4 rings (SSSR count). The van der Waals surface area contributed by atoms with E-state index in [0.717, 1.165) is 5.69 Å². The Balaban J connectivity index is 1.77. The van der Waals surface area contributed by atoms with E-state index in [-0.39, 0.29) is 17.3 Å². The third kappa shape index (κ3) is 4.24. The summed E-state index contributed by atoms with van der Waals surface area (Å²) >= 11 is 0. The minimum atomic E-state index is -3.53. The molecule has 32 heavy (non-hydrogen) atoms. The van der Waals surface area contributed by atoms with Gasteiger partial charge in [-0.15, -0.1) is 10.2 Å². The van der Waals surface area contributed by atoms with Crippen LogP contribution in [-0.4, -0.2) is 52.7 Å². The van der Waals surface area contributed by atoms with Gasteiger partial charge in [0.1, 0.15) is 22.9 Å². The molecule has 0 amide bonds. The number of hydrogen-bond donors (Lipinski definition) is 0. The van der Waals surface area contributed by atoms with Crippen molar-refractivity contribution in [2.75, 3.05) is 20.0 Å². The lowest BCUT2D eigenvalue weighted by molar-refractivity contribution is 0.390. The highest BCUT2D eigenvalue weighted by atomic mass is 32.2. The first-order chi connectivity index (χ1) is 15.4. The van der Waals surface area contributed by atoms with Crippen LogP contribution in [0.1, 0.15) is 11.5 Å². The Kier molecular flexibility index (Phi) is 5.99. The van der Waals surface area contributed by atoms with Gasteiger partial charge in [0.2, 0.25) is 5.82 Å². The highest BCUT2D eigenvalue weighted by Crippen LogP contribution is 2.36. The van der Waals surface area contributed by atoms with Crippen LogP contribution in [-0.2, 0) is 29.1 Å². The molecule has 3 heterocycles. The molecule has 4 aromatic rings. The highest BCUT2D eigenvalue weighted by molar-refractivity contribution is 7.90. The van der Waals surface area contributed by atoms with Crippen molar-refractivity contribution >= 4 is 9.84 Å². The first-order valence-corrected chi connectivity index (χ1v) is 11.6. The number of aromatic nitrogens is 5. The quantitative estimate of drug-likeness (QED) is 0.376. The lowest BCUT2D eigenvalue weighted by atomic mass is 10.2. The largest absolute Gasteiger partial charge is 0.494 e. The molecular weight excluding hydrogens is 434 g/mol. The molecule has 0 atom stereocenters. The summed E-state index contributed by atoms with van der Waals surface area (Å²) in [5.41, 5.74) is 1.32. The number of ether oxygens (including phenoxy) is 2. The van der Waals surface area contributed by atoms with Crippen LogP contribution in [0.25, 0.3) is 17.3 Å². The van der Waals surface area contributed by atoms with E-state index in [0.29, 0.717) is 35.2 Å². The van der Waals surface area contributed by atoms with Gasteiger partial charge >= 0.3 is 0 Å². The van der Waals surface area contributed by atoms with Crippen molar-refractivity contribution in [2.24, 2.45) is 7.05 Å². The molecule has 0 fully saturated rings. The highest BCUT2D eigenvalue weighted by Gasteiger charge is 2.26. The van der Waals surface area contributed by atoms with E-state index in [1.54, 1.807) is 52.0 Å². The minimum Gasteiger partial charge on any atom is -0.494 e. The number of aryl methyl sites for hydroxylation is 2. The van der Waals surface area contributed by atoms with E-state index in [4.69, 9.17) is 13.9 Å². The number of sulfone groups is 1. The molecule has 0 aliphatic carbocycles. The van der Waals surface area contributed by atoms with Crippen LogP contribution >= 0.6 is 0 Å². The number of methoxy groups -OCH3 is 2. The third-order valence-corrected chi connectivity index (χ3v) is 6.56. The van der Waals surface area contributed by atoms with Crippen molar-refractivity contribution in [2.45, 2.75) is 12.2 Å². The number of para-hydroxylation sites is 1. The summed E-state index contributed by atoms with van der Waals surface area (Å²) in [6.07, 6.45) is 5.16. The standard InChI is InChI=1S/C21H23N5O5S/c1-25-14-22-12-15(25)9-11-32(27,28)13-19-23-24-21(18-8-5-10-31-18)26(19)20-16(29-2)6-4-7-17(20)30-3/h4-8,10,12,14H,9,11,13H2,1-3H3. The predicted molar refractivity (Wildman–Crippen MR) is 117 cm³/mol. The molecule has 1 aromatic carbocycles. The van der Waals surface area contributed by atoms with E-state index in [9.17, 15) is 8.42 Å². The van der Waals surface area contributed by atoms with Crippen LogP contribution < -0.4 is 9.47 Å². The summed E-state index contributed by atoms with van der Waals surface area (Å²) in [6, 6.07) is 8.73. The van der Waals surface area contributed by atoms with E-state index in [2.05, 4.69) is 15.2 Å². The summed E-state index contributed by atoms with van der Waals surface area (Å²) in [5, 5.41) is 8.42. The molecule has 0 spiro atoms. The van der Waals surface area contributed by atoms with Crippen LogP contribution in [0.2, 0.25) is 0 Å². The molecule has 0 saturated carbocycles. The lowest BCUT2D eigenvalue weighted by Gasteiger charge is -2.16. The molecule has 0 unspecified atom stereocenters. The fourth-order valence-corrected chi connectivity index (χ4v) is 4.66. The summed E-state index contributed by atoms with van der Waals surface area (Å²) < 4.78 is 46.0. The van der Waals surface area contributed by atoms with Crippen molar-refractivity contribution < 1.29 is 22.3 Å². The maximum Gasteiger partial charge on any atom is 0.204 e. The summed E-state index contributed by atoms with van der Waals surface area (Å²) in [5.74, 6) is 1.58. The first-order valence-electron chi connectivity index (χ1n) is 9.78. The van der Waals surface area contributed by atoms with Gasteiger partial charge in [0.05, 0.1) is 32.6 Å². The van der Waals surface area contributed by atoms with Gasteiger partial charge in [0.15, 0.2) is 21.4 Å². The van der Waals surface area contributed by atoms with Crippen LogP contribution in [0.4, 0.5) is 0 Å². The van der Waals surface area contributed by atoms with Crippen LogP contribution in [0.3, 0.4) is 0 Å². The maximum absolute atomic E-state index is 13.0. The first kappa shape index (κ1) is 21.6. The molecule has 0 radical (unpaired) electrons. The monoisotopic (exact) mass is 457 g/mol. The molecule has 0 bridgehead atoms. The number of hydrogen-bond acceptors (Lipinski definition) is 8. The Labute approximate surface area is 185 Å². The zero-order chi connectivity index (χ0) is 22.7. The Morgan fingerprint density at radius 1 is 1.06 bits per heavy atom. The number of imidazole rings is 1. The smallest absolute Gasteiger partial charge is 0.204 e. The average Bonchev–Trinajstić information content (AvgIpc) is 3.53. The fraction of sp³-hybridized carbons (Fsp3) is 0.286. The van der Waals surface area contributed by atoms with Gasteiger partial charge in [-0.05, 0) is 24.3 Å². The van der Waals surface area contributed by atoms with Crippen molar-refractivity contribution in [3.8, 4) is 28.8 Å². The fourth-order valence-electron chi connectivity index (χ4n) is 3.42. The van der Waals surface area contributed by atoms with Crippen molar-refractivity contribution in [1.82, 2.24) is 24.3 Å². The van der Waals surface area contributed by atoms with Crippen LogP contribution in [0.15, 0.2) is 53.5 Å². The Morgan fingerprint density at radius 3 is 2.41 bits per heavy atom. The SMILES string of the molecule is COc1cccc(OC)c1-n1c(CS(=O)(=O)CCc2cncn2C)nnc1-c1ccco1. The topological polar surface area (TPSA) is 114 Å². The number of nitrogens with zero attached hydrogens (tertiary/aromatic N) is 5. The van der Waals surface area contributed by atoms with Gasteiger partial charge in [-0.25, -0.2) is 13.4 Å². The third-order valence-electron chi connectivity index (χ3n) is 5.03. The van der Waals surface area contributed by atoms with E-state index in [1.807, 2.05) is 7.05 Å². The second kappa shape index (κ2) is 8.87. The Bertz CT molecular complexity index is 1290. The molecular formula is C21H23N5O5S. The van der Waals surface area contributed by atoms with Crippen molar-refractivity contribution in [1.29, 1.82) is 0 Å².